The molecule has 0 unspecified atom stereocenters. The Hall–Kier alpha value is -1.06. The van der Waals surface area contributed by atoms with Gasteiger partial charge in [0, 0.05) is 28.1 Å². The standard InChI is InChI=1S/C11H11BrN2/c12-9-3-4-11-10(6-9)8(7-14-11)2-1-5-13/h1-4,6-7,14H,5,13H2. The van der Waals surface area contributed by atoms with Gasteiger partial charge in [-0.3, -0.25) is 0 Å². The predicted molar refractivity (Wildman–Crippen MR) is 64.1 cm³/mol. The van der Waals surface area contributed by atoms with Crippen LogP contribution in [0.2, 0.25) is 0 Å². The Bertz CT molecular complexity index is 471. The number of nitrogens with two attached hydrogens (primary N) is 1. The molecule has 1 aromatic carbocycles. The van der Waals surface area contributed by atoms with E-state index in [1.54, 1.807) is 0 Å². The molecule has 0 atom stereocenters. The van der Waals surface area contributed by atoms with Crippen molar-refractivity contribution in [1.82, 2.24) is 4.98 Å². The lowest BCUT2D eigenvalue weighted by Gasteiger charge is -1.93. The lowest BCUT2D eigenvalue weighted by atomic mass is 10.1. The number of halogens is 1. The lowest BCUT2D eigenvalue weighted by Crippen LogP contribution is -1.91. The maximum atomic E-state index is 5.41. The van der Waals surface area contributed by atoms with Crippen LogP contribution in [-0.2, 0) is 0 Å². The Morgan fingerprint density at radius 2 is 2.29 bits per heavy atom. The van der Waals surface area contributed by atoms with Crippen molar-refractivity contribution in [3.05, 3.63) is 40.5 Å². The van der Waals surface area contributed by atoms with E-state index in [1.807, 2.05) is 24.4 Å². The summed E-state index contributed by atoms with van der Waals surface area (Å²) in [6.07, 6.45) is 5.97. The first-order valence-electron chi connectivity index (χ1n) is 4.44. The second kappa shape index (κ2) is 3.98. The number of aromatic amines is 1. The highest BCUT2D eigenvalue weighted by atomic mass is 79.9. The van der Waals surface area contributed by atoms with Gasteiger partial charge in [0.25, 0.3) is 0 Å². The van der Waals surface area contributed by atoms with Crippen LogP contribution in [0.15, 0.2) is 34.9 Å². The monoisotopic (exact) mass is 250 g/mol. The van der Waals surface area contributed by atoms with E-state index in [9.17, 15) is 0 Å². The molecule has 0 aliphatic carbocycles. The van der Waals surface area contributed by atoms with Gasteiger partial charge in [-0.2, -0.15) is 0 Å². The highest BCUT2D eigenvalue weighted by Gasteiger charge is 2.00. The van der Waals surface area contributed by atoms with Crippen molar-refractivity contribution in [3.63, 3.8) is 0 Å². The zero-order chi connectivity index (χ0) is 9.97. The fraction of sp³-hybridized carbons (Fsp3) is 0.0909. The molecule has 3 heteroatoms. The number of fused-ring (bicyclic) bond motifs is 1. The average Bonchev–Trinajstić information content (AvgIpc) is 2.57. The molecule has 0 bridgehead atoms. The minimum absolute atomic E-state index is 0.570. The van der Waals surface area contributed by atoms with Crippen LogP contribution in [0, 0.1) is 0 Å². The third-order valence-corrected chi connectivity index (χ3v) is 2.60. The van der Waals surface area contributed by atoms with Gasteiger partial charge in [-0.05, 0) is 23.8 Å². The number of aromatic nitrogens is 1. The Kier molecular flexibility index (Phi) is 2.70. The lowest BCUT2D eigenvalue weighted by molar-refractivity contribution is 1.26. The number of benzene rings is 1. The van der Waals surface area contributed by atoms with Crippen LogP contribution >= 0.6 is 15.9 Å². The number of rotatable bonds is 2. The van der Waals surface area contributed by atoms with E-state index in [2.05, 4.69) is 33.0 Å². The van der Waals surface area contributed by atoms with E-state index in [0.29, 0.717) is 6.54 Å². The summed E-state index contributed by atoms with van der Waals surface area (Å²) < 4.78 is 1.09. The molecule has 0 spiro atoms. The highest BCUT2D eigenvalue weighted by molar-refractivity contribution is 9.10. The molecule has 0 aliphatic heterocycles. The van der Waals surface area contributed by atoms with Crippen molar-refractivity contribution in [1.29, 1.82) is 0 Å². The maximum absolute atomic E-state index is 5.41. The number of nitrogens with one attached hydrogen (secondary N) is 1. The Morgan fingerprint density at radius 1 is 1.43 bits per heavy atom. The van der Waals surface area contributed by atoms with Crippen LogP contribution in [0.3, 0.4) is 0 Å². The summed E-state index contributed by atoms with van der Waals surface area (Å²) in [5, 5.41) is 1.21. The molecule has 1 heterocycles. The predicted octanol–water partition coefficient (Wildman–Crippen LogP) is 2.90. The summed E-state index contributed by atoms with van der Waals surface area (Å²) in [6, 6.07) is 6.18. The zero-order valence-corrected chi connectivity index (χ0v) is 9.21. The second-order valence-corrected chi connectivity index (χ2v) is 3.99. The summed E-state index contributed by atoms with van der Waals surface area (Å²) in [7, 11) is 0. The van der Waals surface area contributed by atoms with E-state index < -0.39 is 0 Å². The summed E-state index contributed by atoms with van der Waals surface area (Å²) >= 11 is 3.46. The van der Waals surface area contributed by atoms with Crippen LogP contribution in [0.25, 0.3) is 17.0 Å². The van der Waals surface area contributed by atoms with E-state index in [-0.39, 0.29) is 0 Å². The minimum Gasteiger partial charge on any atom is -0.361 e. The van der Waals surface area contributed by atoms with Gasteiger partial charge in [0.15, 0.2) is 0 Å². The topological polar surface area (TPSA) is 41.8 Å². The van der Waals surface area contributed by atoms with Crippen LogP contribution in [0.4, 0.5) is 0 Å². The molecule has 3 N–H and O–H groups in total. The number of hydrogen-bond acceptors (Lipinski definition) is 1. The Balaban J connectivity index is 2.55. The summed E-state index contributed by atoms with van der Waals surface area (Å²) in [5.41, 5.74) is 7.73. The SMILES string of the molecule is NCC=Cc1c[nH]c2ccc(Br)cc12. The first-order valence-corrected chi connectivity index (χ1v) is 5.24. The molecule has 0 amide bonds. The third kappa shape index (κ3) is 1.74. The minimum atomic E-state index is 0.570. The van der Waals surface area contributed by atoms with Crippen molar-refractivity contribution >= 4 is 32.9 Å². The van der Waals surface area contributed by atoms with Gasteiger partial charge in [-0.15, -0.1) is 0 Å². The van der Waals surface area contributed by atoms with Gasteiger partial charge in [-0.1, -0.05) is 28.1 Å². The zero-order valence-electron chi connectivity index (χ0n) is 7.63. The highest BCUT2D eigenvalue weighted by Crippen LogP contribution is 2.23. The van der Waals surface area contributed by atoms with Gasteiger partial charge in [-0.25, -0.2) is 0 Å². The average molecular weight is 251 g/mol. The molecule has 2 aromatic rings. The Morgan fingerprint density at radius 3 is 3.07 bits per heavy atom. The van der Waals surface area contributed by atoms with Crippen LogP contribution in [0.5, 0.6) is 0 Å². The second-order valence-electron chi connectivity index (χ2n) is 3.07. The van der Waals surface area contributed by atoms with Crippen molar-refractivity contribution in [2.75, 3.05) is 6.54 Å². The fourth-order valence-electron chi connectivity index (χ4n) is 1.45. The molecule has 2 nitrogen and oxygen atoms in total. The quantitative estimate of drug-likeness (QED) is 0.846. The normalized spacial score (nSPS) is 11.6. The summed E-state index contributed by atoms with van der Waals surface area (Å²) in [6.45, 7) is 0.570. The van der Waals surface area contributed by atoms with Crippen LogP contribution in [-0.4, -0.2) is 11.5 Å². The fourth-order valence-corrected chi connectivity index (χ4v) is 1.81. The van der Waals surface area contributed by atoms with Crippen molar-refractivity contribution in [3.8, 4) is 0 Å². The number of hydrogen-bond donors (Lipinski definition) is 2. The molecule has 0 radical (unpaired) electrons. The molecule has 72 valence electrons. The molecule has 2 rings (SSSR count). The van der Waals surface area contributed by atoms with Gasteiger partial charge in [0.2, 0.25) is 0 Å². The largest absolute Gasteiger partial charge is 0.361 e. The molecular formula is C11H11BrN2. The molecule has 14 heavy (non-hydrogen) atoms. The first-order chi connectivity index (χ1) is 6.81. The maximum Gasteiger partial charge on any atom is 0.0460 e. The van der Waals surface area contributed by atoms with Crippen molar-refractivity contribution < 1.29 is 0 Å². The smallest absolute Gasteiger partial charge is 0.0460 e. The molecule has 1 aromatic heterocycles. The summed E-state index contributed by atoms with van der Waals surface area (Å²) in [4.78, 5) is 3.21. The van der Waals surface area contributed by atoms with Gasteiger partial charge < -0.3 is 10.7 Å². The van der Waals surface area contributed by atoms with E-state index in [0.717, 1.165) is 9.99 Å². The van der Waals surface area contributed by atoms with Crippen molar-refractivity contribution in [2.24, 2.45) is 5.73 Å². The number of H-pyrrole nitrogens is 1. The first kappa shape index (κ1) is 9.49. The van der Waals surface area contributed by atoms with Crippen LogP contribution < -0.4 is 5.73 Å². The Labute approximate surface area is 90.9 Å². The molecule has 0 saturated heterocycles. The van der Waals surface area contributed by atoms with E-state index >= 15 is 0 Å². The van der Waals surface area contributed by atoms with E-state index in [4.69, 9.17) is 5.73 Å². The van der Waals surface area contributed by atoms with E-state index in [1.165, 1.54) is 10.9 Å². The molecule has 0 saturated carbocycles. The summed E-state index contributed by atoms with van der Waals surface area (Å²) in [5.74, 6) is 0. The van der Waals surface area contributed by atoms with Gasteiger partial charge >= 0.3 is 0 Å². The molecular weight excluding hydrogens is 240 g/mol. The van der Waals surface area contributed by atoms with Crippen LogP contribution in [0.1, 0.15) is 5.56 Å². The van der Waals surface area contributed by atoms with Gasteiger partial charge in [0.05, 0.1) is 0 Å². The van der Waals surface area contributed by atoms with Gasteiger partial charge in [0.1, 0.15) is 0 Å². The van der Waals surface area contributed by atoms with Crippen molar-refractivity contribution in [2.45, 2.75) is 0 Å². The molecule has 0 aliphatic rings. The molecule has 0 fully saturated rings. The third-order valence-electron chi connectivity index (χ3n) is 2.11.